The third-order valence-electron chi connectivity index (χ3n) is 4.88. The van der Waals surface area contributed by atoms with Crippen LogP contribution in [0, 0.1) is 17.8 Å². The van der Waals surface area contributed by atoms with E-state index >= 15 is 0 Å². The molecule has 3 rings (SSSR count). The van der Waals surface area contributed by atoms with E-state index in [1.807, 2.05) is 19.9 Å². The summed E-state index contributed by atoms with van der Waals surface area (Å²) in [5.41, 5.74) is 4.08. The zero-order valence-corrected chi connectivity index (χ0v) is 11.5. The molecule has 102 valence electrons. The van der Waals surface area contributed by atoms with Crippen LogP contribution in [-0.4, -0.2) is 23.0 Å². The van der Waals surface area contributed by atoms with Crippen molar-refractivity contribution in [2.24, 2.45) is 22.9 Å². The van der Waals surface area contributed by atoms with Crippen molar-refractivity contribution in [2.45, 2.75) is 39.7 Å². The molecule has 4 nitrogen and oxygen atoms in total. The first-order valence-electron chi connectivity index (χ1n) is 6.85. The Morgan fingerprint density at radius 2 is 2.16 bits per heavy atom. The van der Waals surface area contributed by atoms with Gasteiger partial charge < -0.3 is 9.94 Å². The molecule has 0 unspecified atom stereocenters. The highest BCUT2D eigenvalue weighted by atomic mass is 16.6. The molecule has 19 heavy (non-hydrogen) atoms. The molecular formula is C15H19NO3. The second-order valence-corrected chi connectivity index (χ2v) is 5.94. The fourth-order valence-electron chi connectivity index (χ4n) is 3.80. The largest absolute Gasteiger partial charge is 0.461 e. The molecule has 1 aliphatic heterocycles. The zero-order valence-electron chi connectivity index (χ0n) is 11.5. The number of allylic oxidation sites excluding steroid dienone is 2. The van der Waals surface area contributed by atoms with Gasteiger partial charge in [-0.25, -0.2) is 0 Å². The van der Waals surface area contributed by atoms with Gasteiger partial charge in [0, 0.05) is 11.8 Å². The van der Waals surface area contributed by atoms with Crippen LogP contribution >= 0.6 is 0 Å². The molecule has 0 aromatic heterocycles. The number of carbonyl (C=O) groups is 1. The van der Waals surface area contributed by atoms with Gasteiger partial charge in [-0.3, -0.25) is 4.79 Å². The van der Waals surface area contributed by atoms with Crippen LogP contribution in [0.5, 0.6) is 0 Å². The maximum atomic E-state index is 11.8. The Bertz CT molecular complexity index is 530. The lowest BCUT2D eigenvalue weighted by Gasteiger charge is -2.24. The molecule has 0 bridgehead atoms. The van der Waals surface area contributed by atoms with Crippen molar-refractivity contribution in [3.63, 3.8) is 0 Å². The first-order valence-corrected chi connectivity index (χ1v) is 6.85. The fourth-order valence-corrected chi connectivity index (χ4v) is 3.80. The standard InChI is InChI=1S/C15H19NO3/c1-7-4-5-10-9(3)15(17)19-14(10)13-8(2)6-11(16-18)12(7)13/h6,9-10,13-14,18H,4-5H2,1-3H3/b16-11-/t9-,10+,13-,14+/m0/s1. The fraction of sp³-hybridized carbons (Fsp3) is 0.600. The number of hydrogen-bond acceptors (Lipinski definition) is 4. The van der Waals surface area contributed by atoms with Crippen LogP contribution < -0.4 is 0 Å². The number of hydrogen-bond donors (Lipinski definition) is 1. The van der Waals surface area contributed by atoms with E-state index in [0.717, 1.165) is 24.0 Å². The van der Waals surface area contributed by atoms with Gasteiger partial charge in [-0.15, -0.1) is 0 Å². The molecule has 1 N–H and O–H groups in total. The van der Waals surface area contributed by atoms with Gasteiger partial charge >= 0.3 is 5.97 Å². The van der Waals surface area contributed by atoms with Gasteiger partial charge in [0.05, 0.1) is 5.92 Å². The normalized spacial score (nSPS) is 39.8. The van der Waals surface area contributed by atoms with E-state index in [0.29, 0.717) is 5.71 Å². The Balaban J connectivity index is 2.08. The average Bonchev–Trinajstić information content (AvgIpc) is 2.80. The van der Waals surface area contributed by atoms with Gasteiger partial charge in [0.15, 0.2) is 0 Å². The molecule has 0 saturated carbocycles. The number of fused-ring (bicyclic) bond motifs is 3. The predicted molar refractivity (Wildman–Crippen MR) is 70.9 cm³/mol. The van der Waals surface area contributed by atoms with Crippen molar-refractivity contribution in [3.05, 3.63) is 22.8 Å². The summed E-state index contributed by atoms with van der Waals surface area (Å²) in [6.07, 6.45) is 3.72. The first kappa shape index (κ1) is 12.5. The Labute approximate surface area is 112 Å². The highest BCUT2D eigenvalue weighted by Crippen LogP contribution is 2.47. The Hall–Kier alpha value is -1.58. The summed E-state index contributed by atoms with van der Waals surface area (Å²) < 4.78 is 5.63. The summed E-state index contributed by atoms with van der Waals surface area (Å²) in [4.78, 5) is 11.8. The topological polar surface area (TPSA) is 58.9 Å². The second-order valence-electron chi connectivity index (χ2n) is 5.94. The van der Waals surface area contributed by atoms with Gasteiger partial charge in [0.25, 0.3) is 0 Å². The van der Waals surface area contributed by atoms with E-state index < -0.39 is 0 Å². The quantitative estimate of drug-likeness (QED) is 0.414. The number of oxime groups is 1. The Morgan fingerprint density at radius 1 is 1.42 bits per heavy atom. The minimum Gasteiger partial charge on any atom is -0.461 e. The van der Waals surface area contributed by atoms with E-state index in [-0.39, 0.29) is 29.8 Å². The van der Waals surface area contributed by atoms with Crippen molar-refractivity contribution >= 4 is 11.7 Å². The molecule has 0 radical (unpaired) electrons. The van der Waals surface area contributed by atoms with E-state index in [1.165, 1.54) is 5.57 Å². The number of ether oxygens (including phenoxy) is 1. The minimum atomic E-state index is -0.0922. The van der Waals surface area contributed by atoms with Crippen LogP contribution in [0.15, 0.2) is 28.0 Å². The Morgan fingerprint density at radius 3 is 2.84 bits per heavy atom. The average molecular weight is 261 g/mol. The van der Waals surface area contributed by atoms with Gasteiger partial charge in [-0.05, 0) is 38.3 Å². The molecule has 0 spiro atoms. The van der Waals surface area contributed by atoms with Crippen molar-refractivity contribution in [1.29, 1.82) is 0 Å². The Kier molecular flexibility index (Phi) is 2.77. The van der Waals surface area contributed by atoms with E-state index in [1.54, 1.807) is 0 Å². The molecule has 1 heterocycles. The smallest absolute Gasteiger partial charge is 0.309 e. The maximum Gasteiger partial charge on any atom is 0.309 e. The van der Waals surface area contributed by atoms with Crippen LogP contribution in [0.25, 0.3) is 0 Å². The van der Waals surface area contributed by atoms with Crippen molar-refractivity contribution in [2.75, 3.05) is 0 Å². The lowest BCUT2D eigenvalue weighted by Crippen LogP contribution is -2.28. The predicted octanol–water partition coefficient (Wildman–Crippen LogP) is 2.68. The van der Waals surface area contributed by atoms with Gasteiger partial charge in [-0.1, -0.05) is 23.2 Å². The van der Waals surface area contributed by atoms with Crippen LogP contribution in [-0.2, 0) is 9.53 Å². The van der Waals surface area contributed by atoms with E-state index in [4.69, 9.17) is 4.74 Å². The van der Waals surface area contributed by atoms with Crippen LogP contribution in [0.4, 0.5) is 0 Å². The van der Waals surface area contributed by atoms with Gasteiger partial charge in [0.2, 0.25) is 0 Å². The zero-order chi connectivity index (χ0) is 13.7. The third-order valence-corrected chi connectivity index (χ3v) is 4.88. The summed E-state index contributed by atoms with van der Waals surface area (Å²) in [6.45, 7) is 6.07. The van der Waals surface area contributed by atoms with Gasteiger partial charge in [-0.2, -0.15) is 0 Å². The molecule has 3 aliphatic rings. The number of nitrogens with zero attached hydrogens (tertiary/aromatic N) is 1. The monoisotopic (exact) mass is 261 g/mol. The SMILES string of the molecule is CC1=C/C(=N/O)C2=C(C)CC[C@H]3[C@@H](OC(=O)[C@H]3C)[C@@H]12. The molecule has 2 aliphatic carbocycles. The minimum absolute atomic E-state index is 0.0277. The van der Waals surface area contributed by atoms with Crippen molar-refractivity contribution < 1.29 is 14.7 Å². The highest BCUT2D eigenvalue weighted by molar-refractivity contribution is 6.12. The van der Waals surface area contributed by atoms with E-state index in [9.17, 15) is 10.0 Å². The maximum absolute atomic E-state index is 11.8. The summed E-state index contributed by atoms with van der Waals surface area (Å²) in [7, 11) is 0. The lowest BCUT2D eigenvalue weighted by molar-refractivity contribution is -0.144. The lowest BCUT2D eigenvalue weighted by atomic mass is 9.81. The van der Waals surface area contributed by atoms with Crippen LogP contribution in [0.1, 0.15) is 33.6 Å². The van der Waals surface area contributed by atoms with Gasteiger partial charge in [0.1, 0.15) is 11.8 Å². The second kappa shape index (κ2) is 4.22. The molecule has 1 fully saturated rings. The molecular weight excluding hydrogens is 242 g/mol. The number of esters is 1. The summed E-state index contributed by atoms with van der Waals surface area (Å²) >= 11 is 0. The molecule has 4 atom stereocenters. The first-order chi connectivity index (χ1) is 9.04. The molecule has 0 amide bonds. The molecule has 4 heteroatoms. The van der Waals surface area contributed by atoms with Crippen molar-refractivity contribution in [3.8, 4) is 0 Å². The molecule has 0 aromatic rings. The third kappa shape index (κ3) is 1.66. The number of carbonyl (C=O) groups excluding carboxylic acids is 1. The molecule has 1 saturated heterocycles. The van der Waals surface area contributed by atoms with E-state index in [2.05, 4.69) is 12.1 Å². The summed E-state index contributed by atoms with van der Waals surface area (Å²) in [5, 5.41) is 12.6. The molecule has 0 aromatic carbocycles. The van der Waals surface area contributed by atoms with Crippen molar-refractivity contribution in [1.82, 2.24) is 0 Å². The summed E-state index contributed by atoms with van der Waals surface area (Å²) in [5.74, 6) is 0.231. The highest BCUT2D eigenvalue weighted by Gasteiger charge is 2.50. The summed E-state index contributed by atoms with van der Waals surface area (Å²) in [6, 6.07) is 0. The van der Waals surface area contributed by atoms with Crippen LogP contribution in [0.3, 0.4) is 0 Å². The van der Waals surface area contributed by atoms with Crippen LogP contribution in [0.2, 0.25) is 0 Å². The number of rotatable bonds is 0.